The SMILES string of the molecule is CCC(Nc1nc(N(C)C)cc(C(F)(F)F)n1)c1cccc(S(N)(=O)=O)c1. The van der Waals surface area contributed by atoms with Crippen LogP contribution in [0.25, 0.3) is 0 Å². The van der Waals surface area contributed by atoms with E-state index in [0.29, 0.717) is 12.0 Å². The quantitative estimate of drug-likeness (QED) is 0.769. The van der Waals surface area contributed by atoms with Crippen molar-refractivity contribution in [2.45, 2.75) is 30.5 Å². The topological polar surface area (TPSA) is 101 Å². The molecule has 0 amide bonds. The first kappa shape index (κ1) is 20.9. The highest BCUT2D eigenvalue weighted by Crippen LogP contribution is 2.31. The lowest BCUT2D eigenvalue weighted by molar-refractivity contribution is -0.141. The van der Waals surface area contributed by atoms with Gasteiger partial charge in [0.1, 0.15) is 5.82 Å². The van der Waals surface area contributed by atoms with E-state index in [1.165, 1.54) is 23.1 Å². The van der Waals surface area contributed by atoms with Crippen molar-refractivity contribution in [2.24, 2.45) is 5.14 Å². The fraction of sp³-hybridized carbons (Fsp3) is 0.375. The zero-order chi connectivity index (χ0) is 20.4. The number of hydrogen-bond donors (Lipinski definition) is 2. The van der Waals surface area contributed by atoms with Crippen molar-refractivity contribution in [3.8, 4) is 0 Å². The van der Waals surface area contributed by atoms with E-state index in [1.807, 2.05) is 0 Å². The molecule has 0 spiro atoms. The fourth-order valence-corrected chi connectivity index (χ4v) is 2.93. The fourth-order valence-electron chi connectivity index (χ4n) is 2.36. The molecule has 11 heteroatoms. The Kier molecular flexibility index (Phi) is 5.95. The lowest BCUT2D eigenvalue weighted by Crippen LogP contribution is -2.19. The number of anilines is 2. The van der Waals surface area contributed by atoms with Crippen molar-refractivity contribution in [1.82, 2.24) is 9.97 Å². The molecule has 0 saturated heterocycles. The van der Waals surface area contributed by atoms with Gasteiger partial charge in [-0.1, -0.05) is 19.1 Å². The van der Waals surface area contributed by atoms with E-state index in [0.717, 1.165) is 6.07 Å². The number of primary sulfonamides is 1. The zero-order valence-corrected chi connectivity index (χ0v) is 15.8. The third-order valence-electron chi connectivity index (χ3n) is 3.76. The Morgan fingerprint density at radius 3 is 2.41 bits per heavy atom. The van der Waals surface area contributed by atoms with Crippen molar-refractivity contribution < 1.29 is 21.6 Å². The number of sulfonamides is 1. The van der Waals surface area contributed by atoms with E-state index in [2.05, 4.69) is 15.3 Å². The minimum Gasteiger partial charge on any atom is -0.363 e. The molecular formula is C16H20F3N5O2S. The second kappa shape index (κ2) is 7.69. The van der Waals surface area contributed by atoms with E-state index in [1.54, 1.807) is 27.1 Å². The largest absolute Gasteiger partial charge is 0.433 e. The molecule has 0 aliphatic rings. The van der Waals surface area contributed by atoms with Gasteiger partial charge in [0, 0.05) is 20.2 Å². The third-order valence-corrected chi connectivity index (χ3v) is 4.67. The van der Waals surface area contributed by atoms with Crippen LogP contribution in [0.5, 0.6) is 0 Å². The number of nitrogens with one attached hydrogen (secondary N) is 1. The van der Waals surface area contributed by atoms with Crippen LogP contribution < -0.4 is 15.4 Å². The first-order valence-corrected chi connectivity index (χ1v) is 9.49. The molecule has 1 heterocycles. The molecule has 1 atom stereocenters. The molecule has 0 saturated carbocycles. The van der Waals surface area contributed by atoms with Crippen LogP contribution in [0.3, 0.4) is 0 Å². The third kappa shape index (κ3) is 5.30. The summed E-state index contributed by atoms with van der Waals surface area (Å²) in [5, 5.41) is 7.98. The molecule has 1 aromatic carbocycles. The van der Waals surface area contributed by atoms with Gasteiger partial charge in [0.25, 0.3) is 0 Å². The minimum absolute atomic E-state index is 0.0841. The Morgan fingerprint density at radius 2 is 1.89 bits per heavy atom. The summed E-state index contributed by atoms with van der Waals surface area (Å²) < 4.78 is 62.4. The summed E-state index contributed by atoms with van der Waals surface area (Å²) in [4.78, 5) is 9.00. The maximum atomic E-state index is 13.1. The van der Waals surface area contributed by atoms with Gasteiger partial charge in [0.2, 0.25) is 16.0 Å². The highest BCUT2D eigenvalue weighted by molar-refractivity contribution is 7.89. The number of nitrogens with zero attached hydrogens (tertiary/aromatic N) is 3. The van der Waals surface area contributed by atoms with Crippen molar-refractivity contribution in [3.63, 3.8) is 0 Å². The Bertz CT molecular complexity index is 917. The number of alkyl halides is 3. The maximum Gasteiger partial charge on any atom is 0.433 e. The van der Waals surface area contributed by atoms with Gasteiger partial charge in [0.15, 0.2) is 5.69 Å². The standard InChI is InChI=1S/C16H20F3N5O2S/c1-4-12(10-6-5-7-11(8-10)27(20,25)26)21-15-22-13(16(17,18)19)9-14(23-15)24(2)3/h5-9,12H,4H2,1-3H3,(H2,20,25,26)(H,21,22,23). The van der Waals surface area contributed by atoms with E-state index >= 15 is 0 Å². The molecule has 0 bridgehead atoms. The molecule has 2 rings (SSSR count). The normalized spacial score (nSPS) is 13.3. The Labute approximate surface area is 155 Å². The Morgan fingerprint density at radius 1 is 1.22 bits per heavy atom. The van der Waals surface area contributed by atoms with Crippen LogP contribution in [-0.4, -0.2) is 32.5 Å². The van der Waals surface area contributed by atoms with Crippen LogP contribution in [-0.2, 0) is 16.2 Å². The van der Waals surface area contributed by atoms with Crippen LogP contribution >= 0.6 is 0 Å². The maximum absolute atomic E-state index is 13.1. The predicted octanol–water partition coefficient (Wildman–Crippen LogP) is 2.77. The Balaban J connectivity index is 2.43. The molecule has 7 nitrogen and oxygen atoms in total. The second-order valence-electron chi connectivity index (χ2n) is 6.05. The van der Waals surface area contributed by atoms with E-state index in [-0.39, 0.29) is 16.7 Å². The number of hydrogen-bond acceptors (Lipinski definition) is 6. The molecule has 2 aromatic rings. The summed E-state index contributed by atoms with van der Waals surface area (Å²) in [6.07, 6.45) is -4.18. The molecule has 1 aromatic heterocycles. The molecule has 148 valence electrons. The summed E-state index contributed by atoms with van der Waals surface area (Å²) in [5.74, 6) is -0.116. The van der Waals surface area contributed by atoms with Crippen molar-refractivity contribution in [2.75, 3.05) is 24.3 Å². The second-order valence-corrected chi connectivity index (χ2v) is 7.61. The van der Waals surface area contributed by atoms with Gasteiger partial charge >= 0.3 is 6.18 Å². The van der Waals surface area contributed by atoms with Gasteiger partial charge in [-0.15, -0.1) is 0 Å². The van der Waals surface area contributed by atoms with Gasteiger partial charge < -0.3 is 10.2 Å². The zero-order valence-electron chi connectivity index (χ0n) is 14.9. The van der Waals surface area contributed by atoms with Crippen LogP contribution in [0.2, 0.25) is 0 Å². The van der Waals surface area contributed by atoms with Gasteiger partial charge in [0.05, 0.1) is 10.9 Å². The molecule has 27 heavy (non-hydrogen) atoms. The first-order chi connectivity index (χ1) is 12.4. The highest BCUT2D eigenvalue weighted by Gasteiger charge is 2.34. The summed E-state index contributed by atoms with van der Waals surface area (Å²) in [6, 6.07) is 6.22. The highest BCUT2D eigenvalue weighted by atomic mass is 32.2. The van der Waals surface area contributed by atoms with E-state index in [9.17, 15) is 21.6 Å². The monoisotopic (exact) mass is 403 g/mol. The van der Waals surface area contributed by atoms with Gasteiger partial charge in [-0.3, -0.25) is 0 Å². The van der Waals surface area contributed by atoms with Crippen LogP contribution in [0.4, 0.5) is 24.9 Å². The van der Waals surface area contributed by atoms with Crippen molar-refractivity contribution in [1.29, 1.82) is 0 Å². The summed E-state index contributed by atoms with van der Waals surface area (Å²) >= 11 is 0. The number of benzene rings is 1. The molecule has 0 radical (unpaired) electrons. The van der Waals surface area contributed by atoms with Gasteiger partial charge in [-0.2, -0.15) is 18.2 Å². The Hall–Kier alpha value is -2.40. The van der Waals surface area contributed by atoms with E-state index < -0.39 is 27.9 Å². The molecule has 1 unspecified atom stereocenters. The number of halogens is 3. The lowest BCUT2D eigenvalue weighted by Gasteiger charge is -2.20. The molecule has 0 fully saturated rings. The minimum atomic E-state index is -4.63. The molecular weight excluding hydrogens is 383 g/mol. The van der Waals surface area contributed by atoms with Gasteiger partial charge in [-0.05, 0) is 24.1 Å². The van der Waals surface area contributed by atoms with Crippen LogP contribution in [0, 0.1) is 0 Å². The summed E-state index contributed by atoms with van der Waals surface area (Å²) in [7, 11) is -0.761. The first-order valence-electron chi connectivity index (χ1n) is 7.94. The number of aromatic nitrogens is 2. The number of nitrogens with two attached hydrogens (primary N) is 1. The number of rotatable bonds is 6. The molecule has 0 aliphatic heterocycles. The van der Waals surface area contributed by atoms with Crippen molar-refractivity contribution in [3.05, 3.63) is 41.6 Å². The summed E-state index contributed by atoms with van der Waals surface area (Å²) in [6.45, 7) is 1.79. The van der Waals surface area contributed by atoms with E-state index in [4.69, 9.17) is 5.14 Å². The average molecular weight is 403 g/mol. The van der Waals surface area contributed by atoms with Gasteiger partial charge in [-0.25, -0.2) is 18.5 Å². The summed E-state index contributed by atoms with van der Waals surface area (Å²) in [5.41, 5.74) is -0.534. The van der Waals surface area contributed by atoms with Crippen LogP contribution in [0.1, 0.15) is 30.6 Å². The average Bonchev–Trinajstić information content (AvgIpc) is 2.58. The van der Waals surface area contributed by atoms with Crippen molar-refractivity contribution >= 4 is 21.8 Å². The molecule has 3 N–H and O–H groups in total. The molecule has 0 aliphatic carbocycles. The smallest absolute Gasteiger partial charge is 0.363 e. The lowest BCUT2D eigenvalue weighted by atomic mass is 10.1. The van der Waals surface area contributed by atoms with Crippen LogP contribution in [0.15, 0.2) is 35.2 Å². The predicted molar refractivity (Wildman–Crippen MR) is 95.8 cm³/mol.